The summed E-state index contributed by atoms with van der Waals surface area (Å²) >= 11 is 0. The van der Waals surface area contributed by atoms with Crippen LogP contribution in [0.4, 0.5) is 5.82 Å². The number of aromatic nitrogens is 2. The van der Waals surface area contributed by atoms with Gasteiger partial charge in [-0.1, -0.05) is 18.2 Å². The van der Waals surface area contributed by atoms with Gasteiger partial charge in [0.1, 0.15) is 12.1 Å². The smallest absolute Gasteiger partial charge is 0.243 e. The maximum atomic E-state index is 12.6. The average molecular weight is 332 g/mol. The van der Waals surface area contributed by atoms with Crippen LogP contribution in [0.5, 0.6) is 0 Å². The molecule has 2 aromatic rings. The van der Waals surface area contributed by atoms with Gasteiger partial charge < -0.3 is 5.32 Å². The van der Waals surface area contributed by atoms with Gasteiger partial charge in [-0.15, -0.1) is 0 Å². The van der Waals surface area contributed by atoms with Crippen molar-refractivity contribution >= 4 is 15.8 Å². The van der Waals surface area contributed by atoms with E-state index in [1.807, 2.05) is 19.1 Å². The van der Waals surface area contributed by atoms with Gasteiger partial charge in [0.25, 0.3) is 0 Å². The maximum absolute atomic E-state index is 12.6. The predicted octanol–water partition coefficient (Wildman–Crippen LogP) is 2.05. The molecular weight excluding hydrogens is 312 g/mol. The zero-order valence-electron chi connectivity index (χ0n) is 13.0. The first kappa shape index (κ1) is 15.9. The Morgan fingerprint density at radius 1 is 1.13 bits per heavy atom. The van der Waals surface area contributed by atoms with Crippen LogP contribution in [-0.4, -0.2) is 41.8 Å². The van der Waals surface area contributed by atoms with Crippen molar-refractivity contribution in [2.24, 2.45) is 0 Å². The van der Waals surface area contributed by atoms with Crippen LogP contribution in [0.15, 0.2) is 47.6 Å². The molecule has 1 saturated heterocycles. The van der Waals surface area contributed by atoms with E-state index in [4.69, 9.17) is 0 Å². The van der Waals surface area contributed by atoms with E-state index in [0.717, 1.165) is 24.4 Å². The third-order valence-corrected chi connectivity index (χ3v) is 5.90. The lowest BCUT2D eigenvalue weighted by Crippen LogP contribution is -2.42. The lowest BCUT2D eigenvalue weighted by molar-refractivity contribution is 0.329. The lowest BCUT2D eigenvalue weighted by atomic mass is 10.1. The van der Waals surface area contributed by atoms with Crippen molar-refractivity contribution in [1.29, 1.82) is 0 Å². The van der Waals surface area contributed by atoms with Crippen LogP contribution in [0, 0.1) is 6.92 Å². The molecule has 23 heavy (non-hydrogen) atoms. The molecular formula is C16H20N4O2S. The van der Waals surface area contributed by atoms with Crippen molar-refractivity contribution < 1.29 is 8.42 Å². The van der Waals surface area contributed by atoms with E-state index < -0.39 is 10.0 Å². The predicted molar refractivity (Wildman–Crippen MR) is 88.6 cm³/mol. The molecule has 2 heterocycles. The van der Waals surface area contributed by atoms with E-state index in [0.29, 0.717) is 18.0 Å². The van der Waals surface area contributed by atoms with Gasteiger partial charge in [-0.2, -0.15) is 4.31 Å². The van der Waals surface area contributed by atoms with Crippen LogP contribution in [0.1, 0.15) is 18.5 Å². The minimum Gasteiger partial charge on any atom is -0.367 e. The SMILES string of the molecule is Cc1cc(NC2CCN(S(=O)(=O)c3ccccc3)CC2)ncn1. The molecule has 7 heteroatoms. The molecule has 0 radical (unpaired) electrons. The van der Waals surface area contributed by atoms with E-state index in [1.165, 1.54) is 6.33 Å². The molecule has 3 rings (SSSR count). The molecule has 0 atom stereocenters. The molecule has 1 aromatic carbocycles. The zero-order chi connectivity index (χ0) is 16.3. The highest BCUT2D eigenvalue weighted by atomic mass is 32.2. The summed E-state index contributed by atoms with van der Waals surface area (Å²) in [5.41, 5.74) is 0.909. The number of anilines is 1. The fourth-order valence-corrected chi connectivity index (χ4v) is 4.22. The largest absolute Gasteiger partial charge is 0.367 e. The Morgan fingerprint density at radius 2 is 1.83 bits per heavy atom. The topological polar surface area (TPSA) is 75.2 Å². The third-order valence-electron chi connectivity index (χ3n) is 3.99. The molecule has 0 saturated carbocycles. The standard InChI is InChI=1S/C16H20N4O2S/c1-13-11-16(18-12-17-13)19-14-7-9-20(10-8-14)23(21,22)15-5-3-2-4-6-15/h2-6,11-12,14H,7-10H2,1H3,(H,17,18,19). The first-order chi connectivity index (χ1) is 11.1. The summed E-state index contributed by atoms with van der Waals surface area (Å²) in [5.74, 6) is 0.793. The number of nitrogens with zero attached hydrogens (tertiary/aromatic N) is 3. The van der Waals surface area contributed by atoms with Crippen LogP contribution < -0.4 is 5.32 Å². The average Bonchev–Trinajstić information content (AvgIpc) is 2.56. The number of benzene rings is 1. The maximum Gasteiger partial charge on any atom is 0.243 e. The van der Waals surface area contributed by atoms with Gasteiger partial charge >= 0.3 is 0 Å². The minimum atomic E-state index is -3.39. The summed E-state index contributed by atoms with van der Waals surface area (Å²) in [6.07, 6.45) is 3.05. The molecule has 122 valence electrons. The van der Waals surface area contributed by atoms with E-state index in [2.05, 4.69) is 15.3 Å². The summed E-state index contributed by atoms with van der Waals surface area (Å²) in [6, 6.07) is 10.7. The highest BCUT2D eigenvalue weighted by Gasteiger charge is 2.29. The van der Waals surface area contributed by atoms with E-state index in [9.17, 15) is 8.42 Å². The molecule has 0 spiro atoms. The number of nitrogens with one attached hydrogen (secondary N) is 1. The normalized spacial score (nSPS) is 17.1. The number of hydrogen-bond acceptors (Lipinski definition) is 5. The summed E-state index contributed by atoms with van der Waals surface area (Å²) in [7, 11) is -3.39. The molecule has 1 aliphatic heterocycles. The molecule has 1 N–H and O–H groups in total. The van der Waals surface area contributed by atoms with Gasteiger partial charge in [0.05, 0.1) is 4.90 Å². The number of piperidine rings is 1. The summed E-state index contributed by atoms with van der Waals surface area (Å²) < 4.78 is 26.7. The summed E-state index contributed by atoms with van der Waals surface area (Å²) in [6.45, 7) is 2.94. The van der Waals surface area contributed by atoms with E-state index >= 15 is 0 Å². The first-order valence-electron chi connectivity index (χ1n) is 7.66. The Balaban J connectivity index is 1.62. The van der Waals surface area contributed by atoms with Gasteiger partial charge in [0.2, 0.25) is 10.0 Å². The molecule has 0 unspecified atom stereocenters. The van der Waals surface area contributed by atoms with Crippen LogP contribution in [0.2, 0.25) is 0 Å². The molecule has 1 fully saturated rings. The summed E-state index contributed by atoms with van der Waals surface area (Å²) in [5, 5.41) is 3.36. The van der Waals surface area contributed by atoms with E-state index in [-0.39, 0.29) is 6.04 Å². The Hall–Kier alpha value is -1.99. The van der Waals surface area contributed by atoms with Crippen LogP contribution >= 0.6 is 0 Å². The van der Waals surface area contributed by atoms with E-state index in [1.54, 1.807) is 28.6 Å². The van der Waals surface area contributed by atoms with Crippen LogP contribution in [0.25, 0.3) is 0 Å². The number of sulfonamides is 1. The Morgan fingerprint density at radius 3 is 2.48 bits per heavy atom. The zero-order valence-corrected chi connectivity index (χ0v) is 13.8. The van der Waals surface area contributed by atoms with Crippen LogP contribution in [-0.2, 0) is 10.0 Å². The Kier molecular flexibility index (Phi) is 4.58. The second kappa shape index (κ2) is 6.64. The van der Waals surface area contributed by atoms with Crippen molar-refractivity contribution in [2.45, 2.75) is 30.7 Å². The lowest BCUT2D eigenvalue weighted by Gasteiger charge is -2.31. The third kappa shape index (κ3) is 3.68. The van der Waals surface area contributed by atoms with Gasteiger partial charge in [-0.05, 0) is 31.9 Å². The van der Waals surface area contributed by atoms with Crippen molar-refractivity contribution in [3.8, 4) is 0 Å². The Labute approximate surface area is 136 Å². The highest BCUT2D eigenvalue weighted by molar-refractivity contribution is 7.89. The number of rotatable bonds is 4. The van der Waals surface area contributed by atoms with Gasteiger partial charge in [0, 0.05) is 30.9 Å². The van der Waals surface area contributed by atoms with Crippen molar-refractivity contribution in [3.63, 3.8) is 0 Å². The molecule has 0 bridgehead atoms. The first-order valence-corrected chi connectivity index (χ1v) is 9.10. The number of aryl methyl sites for hydroxylation is 1. The quantitative estimate of drug-likeness (QED) is 0.927. The minimum absolute atomic E-state index is 0.228. The molecule has 0 amide bonds. The fraction of sp³-hybridized carbons (Fsp3) is 0.375. The van der Waals surface area contributed by atoms with Crippen LogP contribution in [0.3, 0.4) is 0 Å². The summed E-state index contributed by atoms with van der Waals surface area (Å²) in [4.78, 5) is 8.63. The van der Waals surface area contributed by atoms with Gasteiger partial charge in [-0.25, -0.2) is 18.4 Å². The monoisotopic (exact) mass is 332 g/mol. The van der Waals surface area contributed by atoms with Gasteiger partial charge in [0.15, 0.2) is 0 Å². The molecule has 1 aromatic heterocycles. The molecule has 1 aliphatic rings. The number of hydrogen-bond donors (Lipinski definition) is 1. The second-order valence-corrected chi connectivity index (χ2v) is 7.62. The molecule has 0 aliphatic carbocycles. The van der Waals surface area contributed by atoms with Crippen molar-refractivity contribution in [2.75, 3.05) is 18.4 Å². The van der Waals surface area contributed by atoms with Crippen molar-refractivity contribution in [1.82, 2.24) is 14.3 Å². The molecule has 6 nitrogen and oxygen atoms in total. The Bertz CT molecular complexity index is 757. The second-order valence-electron chi connectivity index (χ2n) is 5.68. The highest BCUT2D eigenvalue weighted by Crippen LogP contribution is 2.22. The van der Waals surface area contributed by atoms with Gasteiger partial charge in [-0.3, -0.25) is 0 Å². The fourth-order valence-electron chi connectivity index (χ4n) is 2.72. The van der Waals surface area contributed by atoms with Crippen molar-refractivity contribution in [3.05, 3.63) is 48.4 Å².